The number of hydrogen-bond acceptors (Lipinski definition) is 5. The predicted molar refractivity (Wildman–Crippen MR) is 124 cm³/mol. The Morgan fingerprint density at radius 2 is 1.56 bits per heavy atom. The number of carbonyl (C=O) groups excluding carboxylic acids is 2. The van der Waals surface area contributed by atoms with E-state index in [0.717, 1.165) is 16.0 Å². The van der Waals surface area contributed by atoms with Crippen molar-refractivity contribution < 1.29 is 18.7 Å². The second-order valence-corrected chi connectivity index (χ2v) is 7.97. The third-order valence-electron chi connectivity index (χ3n) is 5.80. The van der Waals surface area contributed by atoms with Crippen LogP contribution in [0.4, 0.5) is 4.39 Å². The Balaban J connectivity index is 1.34. The summed E-state index contributed by atoms with van der Waals surface area (Å²) in [6.07, 6.45) is 1.03. The standard InChI is InChI=1S/C25H25FN4O4/c1-34-21-9-2-18(3-10-21)4-12-23(31)28-14-16-29(17-15-28)25(33)22-11-13-24(32)30(27-22)20-7-5-19(26)6-8-20/h2-3,5-11,13H,4,12,14-17H2,1H3. The van der Waals surface area contributed by atoms with E-state index < -0.39 is 11.4 Å². The molecule has 1 fully saturated rings. The lowest BCUT2D eigenvalue weighted by Crippen LogP contribution is -2.51. The Hall–Kier alpha value is -4.01. The highest BCUT2D eigenvalue weighted by molar-refractivity contribution is 5.92. The third kappa shape index (κ3) is 5.31. The van der Waals surface area contributed by atoms with E-state index >= 15 is 0 Å². The lowest BCUT2D eigenvalue weighted by Gasteiger charge is -2.34. The maximum Gasteiger partial charge on any atom is 0.274 e. The van der Waals surface area contributed by atoms with Crippen LogP contribution in [-0.2, 0) is 11.2 Å². The summed E-state index contributed by atoms with van der Waals surface area (Å²) in [7, 11) is 1.61. The molecule has 0 spiro atoms. The molecule has 8 nitrogen and oxygen atoms in total. The van der Waals surface area contributed by atoms with Crippen LogP contribution in [0, 0.1) is 5.82 Å². The van der Waals surface area contributed by atoms with Gasteiger partial charge >= 0.3 is 0 Å². The molecule has 1 aliphatic rings. The van der Waals surface area contributed by atoms with E-state index in [-0.39, 0.29) is 17.5 Å². The number of amides is 2. The molecule has 0 saturated carbocycles. The van der Waals surface area contributed by atoms with Gasteiger partial charge in [0.15, 0.2) is 0 Å². The molecule has 1 aromatic heterocycles. The zero-order valence-corrected chi connectivity index (χ0v) is 18.8. The molecule has 2 heterocycles. The molecule has 0 aliphatic carbocycles. The smallest absolute Gasteiger partial charge is 0.274 e. The van der Waals surface area contributed by atoms with Crippen LogP contribution in [0.15, 0.2) is 65.5 Å². The van der Waals surface area contributed by atoms with Gasteiger partial charge in [-0.1, -0.05) is 12.1 Å². The first-order chi connectivity index (χ1) is 16.4. The number of halogens is 1. The molecule has 9 heteroatoms. The number of rotatable bonds is 6. The van der Waals surface area contributed by atoms with Crippen LogP contribution >= 0.6 is 0 Å². The fourth-order valence-corrected chi connectivity index (χ4v) is 3.82. The number of nitrogens with zero attached hydrogens (tertiary/aromatic N) is 4. The average molecular weight is 464 g/mol. The highest BCUT2D eigenvalue weighted by atomic mass is 19.1. The van der Waals surface area contributed by atoms with E-state index in [4.69, 9.17) is 4.74 Å². The first kappa shape index (κ1) is 23.2. The van der Waals surface area contributed by atoms with E-state index in [9.17, 15) is 18.8 Å². The minimum Gasteiger partial charge on any atom is -0.497 e. The molecule has 0 N–H and O–H groups in total. The summed E-state index contributed by atoms with van der Waals surface area (Å²) in [5, 5.41) is 4.18. The van der Waals surface area contributed by atoms with Gasteiger partial charge in [-0.15, -0.1) is 0 Å². The van der Waals surface area contributed by atoms with Crippen molar-refractivity contribution in [1.29, 1.82) is 0 Å². The van der Waals surface area contributed by atoms with Gasteiger partial charge in [0.25, 0.3) is 11.5 Å². The summed E-state index contributed by atoms with van der Waals surface area (Å²) >= 11 is 0. The Morgan fingerprint density at radius 3 is 2.21 bits per heavy atom. The van der Waals surface area contributed by atoms with Crippen LogP contribution < -0.4 is 10.3 Å². The summed E-state index contributed by atoms with van der Waals surface area (Å²) in [5.74, 6) is 0.0750. The molecule has 3 aromatic rings. The Kier molecular flexibility index (Phi) is 7.01. The third-order valence-corrected chi connectivity index (χ3v) is 5.80. The van der Waals surface area contributed by atoms with Gasteiger partial charge in [-0.05, 0) is 54.4 Å². The maximum absolute atomic E-state index is 13.2. The lowest BCUT2D eigenvalue weighted by atomic mass is 10.1. The minimum atomic E-state index is -0.430. The van der Waals surface area contributed by atoms with E-state index in [0.29, 0.717) is 44.7 Å². The van der Waals surface area contributed by atoms with Gasteiger partial charge in [-0.2, -0.15) is 9.78 Å². The van der Waals surface area contributed by atoms with Crippen molar-refractivity contribution >= 4 is 11.8 Å². The Bertz CT molecular complexity index is 1220. The largest absolute Gasteiger partial charge is 0.497 e. The van der Waals surface area contributed by atoms with Crippen molar-refractivity contribution in [1.82, 2.24) is 19.6 Å². The number of ether oxygens (including phenoxy) is 1. The predicted octanol–water partition coefficient (Wildman–Crippen LogP) is 2.30. The van der Waals surface area contributed by atoms with Crippen LogP contribution in [-0.4, -0.2) is 64.7 Å². The van der Waals surface area contributed by atoms with Crippen LogP contribution in [0.25, 0.3) is 5.69 Å². The van der Waals surface area contributed by atoms with Crippen LogP contribution in [0.5, 0.6) is 5.75 Å². The van der Waals surface area contributed by atoms with Crippen molar-refractivity contribution in [2.45, 2.75) is 12.8 Å². The molecule has 0 atom stereocenters. The zero-order valence-electron chi connectivity index (χ0n) is 18.8. The number of piperazine rings is 1. The highest BCUT2D eigenvalue weighted by Crippen LogP contribution is 2.14. The van der Waals surface area contributed by atoms with Crippen molar-refractivity contribution in [3.05, 3.63) is 88.1 Å². The number of methoxy groups -OCH3 is 1. The van der Waals surface area contributed by atoms with E-state index in [2.05, 4.69) is 5.10 Å². The lowest BCUT2D eigenvalue weighted by molar-refractivity contribution is -0.132. The first-order valence-electron chi connectivity index (χ1n) is 11.0. The average Bonchev–Trinajstić information content (AvgIpc) is 2.88. The minimum absolute atomic E-state index is 0.0471. The molecule has 4 rings (SSSR count). The van der Waals surface area contributed by atoms with Crippen LogP contribution in [0.3, 0.4) is 0 Å². The molecule has 1 saturated heterocycles. The highest BCUT2D eigenvalue weighted by Gasteiger charge is 2.26. The quantitative estimate of drug-likeness (QED) is 0.559. The molecule has 0 radical (unpaired) electrons. The summed E-state index contributed by atoms with van der Waals surface area (Å²) < 4.78 is 19.4. The van der Waals surface area contributed by atoms with E-state index in [1.807, 2.05) is 24.3 Å². The second kappa shape index (κ2) is 10.3. The molecular formula is C25H25FN4O4. The number of benzene rings is 2. The molecule has 2 aromatic carbocycles. The Labute approximate surface area is 196 Å². The second-order valence-electron chi connectivity index (χ2n) is 7.97. The van der Waals surface area contributed by atoms with Gasteiger partial charge in [-0.25, -0.2) is 4.39 Å². The van der Waals surface area contributed by atoms with Crippen LogP contribution in [0.1, 0.15) is 22.5 Å². The molecule has 176 valence electrons. The Morgan fingerprint density at radius 1 is 0.912 bits per heavy atom. The summed E-state index contributed by atoms with van der Waals surface area (Å²) in [4.78, 5) is 41.2. The monoisotopic (exact) mass is 464 g/mol. The summed E-state index contributed by atoms with van der Waals surface area (Å²) in [6.45, 7) is 1.63. The first-order valence-corrected chi connectivity index (χ1v) is 11.0. The van der Waals surface area contributed by atoms with Gasteiger partial charge < -0.3 is 14.5 Å². The van der Waals surface area contributed by atoms with Crippen molar-refractivity contribution in [2.75, 3.05) is 33.3 Å². The van der Waals surface area contributed by atoms with Gasteiger partial charge in [0.1, 0.15) is 17.3 Å². The molecular weight excluding hydrogens is 439 g/mol. The van der Waals surface area contributed by atoms with E-state index in [1.54, 1.807) is 16.9 Å². The molecule has 0 unspecified atom stereocenters. The normalized spacial score (nSPS) is 13.6. The van der Waals surface area contributed by atoms with Crippen molar-refractivity contribution in [2.24, 2.45) is 0 Å². The molecule has 34 heavy (non-hydrogen) atoms. The maximum atomic E-state index is 13.2. The number of hydrogen-bond donors (Lipinski definition) is 0. The topological polar surface area (TPSA) is 84.7 Å². The summed E-state index contributed by atoms with van der Waals surface area (Å²) in [5.41, 5.74) is 1.12. The van der Waals surface area contributed by atoms with Crippen molar-refractivity contribution in [3.63, 3.8) is 0 Å². The van der Waals surface area contributed by atoms with Gasteiger partial charge in [-0.3, -0.25) is 14.4 Å². The van der Waals surface area contributed by atoms with Gasteiger partial charge in [0, 0.05) is 38.7 Å². The van der Waals surface area contributed by atoms with Crippen molar-refractivity contribution in [3.8, 4) is 11.4 Å². The number of carbonyl (C=O) groups is 2. The number of aryl methyl sites for hydroxylation is 1. The van der Waals surface area contributed by atoms with Gasteiger partial charge in [0.2, 0.25) is 5.91 Å². The molecule has 2 amide bonds. The molecule has 1 aliphatic heterocycles. The fraction of sp³-hybridized carbons (Fsp3) is 0.280. The van der Waals surface area contributed by atoms with Gasteiger partial charge in [0.05, 0.1) is 12.8 Å². The molecule has 0 bridgehead atoms. The number of aromatic nitrogens is 2. The fourth-order valence-electron chi connectivity index (χ4n) is 3.82. The summed E-state index contributed by atoms with van der Waals surface area (Å²) in [6, 6.07) is 15.6. The zero-order chi connectivity index (χ0) is 24.1. The van der Waals surface area contributed by atoms with Crippen LogP contribution in [0.2, 0.25) is 0 Å². The SMILES string of the molecule is COc1ccc(CCC(=O)N2CCN(C(=O)c3ccc(=O)n(-c4ccc(F)cc4)n3)CC2)cc1. The van der Waals surface area contributed by atoms with E-state index in [1.165, 1.54) is 36.4 Å².